The average molecular weight is 474 g/mol. The highest BCUT2D eigenvalue weighted by atomic mass is 32.2. The van der Waals surface area contributed by atoms with Crippen molar-refractivity contribution in [1.82, 2.24) is 0 Å². The number of ether oxygens (including phenoxy) is 1. The van der Waals surface area contributed by atoms with Gasteiger partial charge in [-0.3, -0.25) is 0 Å². The standard InChI is InChI=1S/C12H6F12O4S/c13-9(14,15)7(10(16,17)18)27-5-1-3-6(4-2-5)29(25,26)28-8(11(19,20)21)12(22,23)24/h1-4,7-8H. The first-order chi connectivity index (χ1) is 12.7. The Morgan fingerprint density at radius 3 is 1.28 bits per heavy atom. The summed E-state index contributed by atoms with van der Waals surface area (Å²) in [5.74, 6) is -1.23. The maximum atomic E-state index is 12.4. The van der Waals surface area contributed by atoms with Crippen molar-refractivity contribution in [2.45, 2.75) is 41.8 Å². The number of hydrogen-bond acceptors (Lipinski definition) is 4. The quantitative estimate of drug-likeness (QED) is 0.457. The van der Waals surface area contributed by atoms with E-state index in [2.05, 4.69) is 8.92 Å². The number of rotatable bonds is 5. The Hall–Kier alpha value is -1.91. The molecule has 0 heterocycles. The molecule has 0 amide bonds. The highest BCUT2D eigenvalue weighted by molar-refractivity contribution is 7.86. The van der Waals surface area contributed by atoms with Crippen LogP contribution < -0.4 is 4.74 Å². The molecule has 0 aliphatic carbocycles. The van der Waals surface area contributed by atoms with Crippen molar-refractivity contribution in [3.8, 4) is 5.75 Å². The van der Waals surface area contributed by atoms with E-state index in [1.807, 2.05) is 0 Å². The van der Waals surface area contributed by atoms with Gasteiger partial charge in [-0.25, -0.2) is 4.18 Å². The summed E-state index contributed by atoms with van der Waals surface area (Å²) in [6, 6.07) is 0.490. The third-order valence-electron chi connectivity index (χ3n) is 2.78. The van der Waals surface area contributed by atoms with Crippen molar-refractivity contribution in [1.29, 1.82) is 0 Å². The van der Waals surface area contributed by atoms with E-state index in [1.165, 1.54) is 0 Å². The highest BCUT2D eigenvalue weighted by Crippen LogP contribution is 2.39. The summed E-state index contributed by atoms with van der Waals surface area (Å²) in [6.45, 7) is 0. The summed E-state index contributed by atoms with van der Waals surface area (Å²) in [5, 5.41) is 0. The molecule has 0 radical (unpaired) electrons. The summed E-state index contributed by atoms with van der Waals surface area (Å²) in [6.07, 6.45) is -33.3. The second kappa shape index (κ2) is 7.73. The lowest BCUT2D eigenvalue weighted by molar-refractivity contribution is -0.300. The molecule has 0 saturated carbocycles. The summed E-state index contributed by atoms with van der Waals surface area (Å²) < 4.78 is 178. The molecule has 0 spiro atoms. The van der Waals surface area contributed by atoms with Crippen LogP contribution in [0.4, 0.5) is 52.7 Å². The fourth-order valence-electron chi connectivity index (χ4n) is 1.62. The van der Waals surface area contributed by atoms with Crippen LogP contribution in [0.5, 0.6) is 5.75 Å². The molecule has 0 saturated heterocycles. The number of hydrogen-bond donors (Lipinski definition) is 0. The Balaban J connectivity index is 3.14. The van der Waals surface area contributed by atoms with E-state index in [0.717, 1.165) is 0 Å². The van der Waals surface area contributed by atoms with Gasteiger partial charge in [-0.2, -0.15) is 61.1 Å². The minimum Gasteiger partial charge on any atom is -0.471 e. The second-order valence-corrected chi connectivity index (χ2v) is 6.64. The van der Waals surface area contributed by atoms with Crippen LogP contribution in [0.25, 0.3) is 0 Å². The van der Waals surface area contributed by atoms with Gasteiger partial charge in [-0.1, -0.05) is 0 Å². The van der Waals surface area contributed by atoms with Gasteiger partial charge in [0.05, 0.1) is 4.90 Å². The van der Waals surface area contributed by atoms with Crippen molar-refractivity contribution >= 4 is 10.1 Å². The molecule has 0 aromatic heterocycles. The van der Waals surface area contributed by atoms with Crippen molar-refractivity contribution < 1.29 is 70.0 Å². The van der Waals surface area contributed by atoms with Crippen molar-refractivity contribution in [3.05, 3.63) is 24.3 Å². The van der Waals surface area contributed by atoms with Gasteiger partial charge in [-0.05, 0) is 24.3 Å². The first kappa shape index (κ1) is 25.1. The van der Waals surface area contributed by atoms with Gasteiger partial charge in [0.2, 0.25) is 0 Å². The topological polar surface area (TPSA) is 52.6 Å². The average Bonchev–Trinajstić information content (AvgIpc) is 2.46. The molecule has 168 valence electrons. The lowest BCUT2D eigenvalue weighted by Crippen LogP contribution is -2.46. The fourth-order valence-corrected chi connectivity index (χ4v) is 2.67. The molecule has 29 heavy (non-hydrogen) atoms. The molecule has 0 unspecified atom stereocenters. The number of alkyl halides is 12. The van der Waals surface area contributed by atoms with Gasteiger partial charge in [0.25, 0.3) is 22.3 Å². The van der Waals surface area contributed by atoms with E-state index in [0.29, 0.717) is 0 Å². The maximum absolute atomic E-state index is 12.4. The number of benzene rings is 1. The Labute approximate surface area is 153 Å². The molecule has 17 heteroatoms. The Morgan fingerprint density at radius 2 is 0.966 bits per heavy atom. The molecule has 0 fully saturated rings. The zero-order chi connectivity index (χ0) is 23.1. The first-order valence-electron chi connectivity index (χ1n) is 6.62. The lowest BCUT2D eigenvalue weighted by atomic mass is 10.3. The summed E-state index contributed by atoms with van der Waals surface area (Å²) >= 11 is 0. The predicted octanol–water partition coefficient (Wildman–Crippen LogP) is 4.76. The first-order valence-corrected chi connectivity index (χ1v) is 8.03. The van der Waals surface area contributed by atoms with Crippen LogP contribution in [-0.4, -0.2) is 45.3 Å². The minimum atomic E-state index is -6.19. The van der Waals surface area contributed by atoms with E-state index in [1.54, 1.807) is 0 Å². The van der Waals surface area contributed by atoms with Gasteiger partial charge < -0.3 is 4.74 Å². The van der Waals surface area contributed by atoms with Crippen LogP contribution in [0.1, 0.15) is 0 Å². The number of halogens is 12. The van der Waals surface area contributed by atoms with Crippen molar-refractivity contribution in [2.24, 2.45) is 0 Å². The molecule has 1 aromatic carbocycles. The van der Waals surface area contributed by atoms with Crippen LogP contribution in [0.2, 0.25) is 0 Å². The molecular formula is C12H6F12O4S. The van der Waals surface area contributed by atoms with Crippen molar-refractivity contribution in [2.75, 3.05) is 0 Å². The highest BCUT2D eigenvalue weighted by Gasteiger charge is 2.60. The molecular weight excluding hydrogens is 468 g/mol. The van der Waals surface area contributed by atoms with Crippen LogP contribution in [0, 0.1) is 0 Å². The second-order valence-electron chi connectivity index (χ2n) is 5.07. The minimum absolute atomic E-state index is 0.0955. The van der Waals surface area contributed by atoms with Gasteiger partial charge in [0.15, 0.2) is 0 Å². The Morgan fingerprint density at radius 1 is 0.621 bits per heavy atom. The van der Waals surface area contributed by atoms with Crippen LogP contribution >= 0.6 is 0 Å². The Bertz CT molecular complexity index is 761. The van der Waals surface area contributed by atoms with E-state index in [4.69, 9.17) is 0 Å². The predicted molar refractivity (Wildman–Crippen MR) is 67.1 cm³/mol. The molecule has 0 aliphatic heterocycles. The Kier molecular flexibility index (Phi) is 6.70. The van der Waals surface area contributed by atoms with E-state index < -0.39 is 57.7 Å². The molecule has 0 bridgehead atoms. The van der Waals surface area contributed by atoms with Gasteiger partial charge in [-0.15, -0.1) is 0 Å². The van der Waals surface area contributed by atoms with E-state index >= 15 is 0 Å². The third kappa shape index (κ3) is 6.83. The zero-order valence-electron chi connectivity index (χ0n) is 13.0. The summed E-state index contributed by atoms with van der Waals surface area (Å²) in [4.78, 5) is -1.42. The SMILES string of the molecule is O=S(=O)(OC(C(F)(F)F)C(F)(F)F)c1ccc(OC(C(F)(F)F)C(F)(F)F)cc1. The van der Waals surface area contributed by atoms with Crippen molar-refractivity contribution in [3.63, 3.8) is 0 Å². The summed E-state index contributed by atoms with van der Waals surface area (Å²) in [7, 11) is -5.77. The maximum Gasteiger partial charge on any atom is 0.434 e. The van der Waals surface area contributed by atoms with Crippen LogP contribution in [0.3, 0.4) is 0 Å². The van der Waals surface area contributed by atoms with Crippen LogP contribution in [0.15, 0.2) is 29.2 Å². The fraction of sp³-hybridized carbons (Fsp3) is 0.500. The smallest absolute Gasteiger partial charge is 0.434 e. The molecule has 1 aromatic rings. The third-order valence-corrected chi connectivity index (χ3v) is 4.07. The van der Waals surface area contributed by atoms with E-state index in [9.17, 15) is 61.1 Å². The molecule has 4 nitrogen and oxygen atoms in total. The zero-order valence-corrected chi connectivity index (χ0v) is 13.9. The molecule has 0 N–H and O–H groups in total. The normalized spacial score (nSPS) is 14.6. The van der Waals surface area contributed by atoms with Gasteiger partial charge in [0, 0.05) is 0 Å². The molecule has 0 atom stereocenters. The van der Waals surface area contributed by atoms with Gasteiger partial charge >= 0.3 is 24.7 Å². The lowest BCUT2D eigenvalue weighted by Gasteiger charge is -2.24. The van der Waals surface area contributed by atoms with E-state index in [-0.39, 0.29) is 24.3 Å². The van der Waals surface area contributed by atoms with Crippen LogP contribution in [-0.2, 0) is 14.3 Å². The molecule has 1 rings (SSSR count). The largest absolute Gasteiger partial charge is 0.471 e. The van der Waals surface area contributed by atoms with Gasteiger partial charge in [0.1, 0.15) is 5.75 Å². The molecule has 0 aliphatic rings. The monoisotopic (exact) mass is 474 g/mol. The summed E-state index contributed by atoms with van der Waals surface area (Å²) in [5.41, 5.74) is 0.